The summed E-state index contributed by atoms with van der Waals surface area (Å²) < 4.78 is 0. The standard InChI is InChI=1S/C31H34ClN3O/c1-19(2)24-10-6-7-20(3)31(24)35-29-17-27(26-16-23(36)15-21-8-4-5-9-25(21)26)28(32)18-30(29)34-22-11-13-33-14-12-22/h4-10,15-19,22,33-36H,11-14H2,1-3H3. The van der Waals surface area contributed by atoms with Crippen molar-refractivity contribution in [2.45, 2.75) is 45.6 Å². The third-order valence-electron chi connectivity index (χ3n) is 7.13. The van der Waals surface area contributed by atoms with Gasteiger partial charge < -0.3 is 21.1 Å². The zero-order valence-corrected chi connectivity index (χ0v) is 21.9. The number of fused-ring (bicyclic) bond motifs is 1. The molecule has 0 radical (unpaired) electrons. The first kappa shape index (κ1) is 24.5. The number of nitrogens with one attached hydrogen (secondary N) is 3. The number of piperidine rings is 1. The normalized spacial score (nSPS) is 14.4. The fourth-order valence-corrected chi connectivity index (χ4v) is 5.45. The van der Waals surface area contributed by atoms with E-state index < -0.39 is 0 Å². The fourth-order valence-electron chi connectivity index (χ4n) is 5.18. The van der Waals surface area contributed by atoms with E-state index in [-0.39, 0.29) is 5.75 Å². The van der Waals surface area contributed by atoms with Crippen LogP contribution in [0.15, 0.2) is 66.7 Å². The van der Waals surface area contributed by atoms with Crippen LogP contribution in [0, 0.1) is 6.92 Å². The number of anilines is 3. The lowest BCUT2D eigenvalue weighted by atomic mass is 9.95. The van der Waals surface area contributed by atoms with Gasteiger partial charge in [0.05, 0.1) is 16.4 Å². The summed E-state index contributed by atoms with van der Waals surface area (Å²) in [5.74, 6) is 0.613. The van der Waals surface area contributed by atoms with Crippen molar-refractivity contribution in [3.63, 3.8) is 0 Å². The molecule has 5 heteroatoms. The summed E-state index contributed by atoms with van der Waals surface area (Å²) in [5, 5.41) is 24.2. The minimum absolute atomic E-state index is 0.229. The van der Waals surface area contributed by atoms with Crippen molar-refractivity contribution in [2.24, 2.45) is 0 Å². The lowest BCUT2D eigenvalue weighted by Gasteiger charge is -2.27. The van der Waals surface area contributed by atoms with E-state index in [1.807, 2.05) is 24.3 Å². The largest absolute Gasteiger partial charge is 0.508 e. The van der Waals surface area contributed by atoms with E-state index in [1.54, 1.807) is 12.1 Å². The van der Waals surface area contributed by atoms with E-state index in [9.17, 15) is 5.11 Å². The second kappa shape index (κ2) is 10.4. The van der Waals surface area contributed by atoms with Gasteiger partial charge in [-0.15, -0.1) is 0 Å². The van der Waals surface area contributed by atoms with Gasteiger partial charge in [-0.2, -0.15) is 0 Å². The Bertz CT molecular complexity index is 1390. The summed E-state index contributed by atoms with van der Waals surface area (Å²) in [4.78, 5) is 0. The van der Waals surface area contributed by atoms with Gasteiger partial charge >= 0.3 is 0 Å². The quantitative estimate of drug-likeness (QED) is 0.216. The Morgan fingerprint density at radius 3 is 2.47 bits per heavy atom. The van der Waals surface area contributed by atoms with Gasteiger partial charge in [-0.05, 0) is 90.5 Å². The summed E-state index contributed by atoms with van der Waals surface area (Å²) in [6.07, 6.45) is 2.13. The minimum atomic E-state index is 0.229. The van der Waals surface area contributed by atoms with E-state index >= 15 is 0 Å². The van der Waals surface area contributed by atoms with Crippen molar-refractivity contribution in [1.82, 2.24) is 5.32 Å². The molecule has 4 nitrogen and oxygen atoms in total. The van der Waals surface area contributed by atoms with Crippen LogP contribution in [0.25, 0.3) is 21.9 Å². The third kappa shape index (κ3) is 5.02. The van der Waals surface area contributed by atoms with E-state index in [1.165, 1.54) is 11.1 Å². The molecule has 0 aromatic heterocycles. The number of rotatable bonds is 6. The van der Waals surface area contributed by atoms with Gasteiger partial charge in [-0.1, -0.05) is 67.9 Å². The molecule has 4 N–H and O–H groups in total. The molecule has 1 fully saturated rings. The van der Waals surface area contributed by atoms with Crippen LogP contribution in [0.2, 0.25) is 5.02 Å². The third-order valence-corrected chi connectivity index (χ3v) is 7.44. The molecule has 186 valence electrons. The highest BCUT2D eigenvalue weighted by Crippen LogP contribution is 2.42. The van der Waals surface area contributed by atoms with Crippen molar-refractivity contribution in [3.05, 3.63) is 82.9 Å². The molecule has 4 aromatic rings. The number of hydrogen-bond donors (Lipinski definition) is 4. The summed E-state index contributed by atoms with van der Waals surface area (Å²) >= 11 is 6.96. The number of phenolic OH excluding ortho intramolecular Hbond substituents is 1. The maximum Gasteiger partial charge on any atom is 0.116 e. The maximum absolute atomic E-state index is 10.5. The second-order valence-electron chi connectivity index (χ2n) is 10.1. The molecule has 0 aliphatic carbocycles. The van der Waals surface area contributed by atoms with Gasteiger partial charge in [-0.25, -0.2) is 0 Å². The molecule has 0 spiro atoms. The van der Waals surface area contributed by atoms with Crippen LogP contribution in [0.5, 0.6) is 5.75 Å². The van der Waals surface area contributed by atoms with Crippen LogP contribution in [0.3, 0.4) is 0 Å². The van der Waals surface area contributed by atoms with Crippen LogP contribution >= 0.6 is 11.6 Å². The van der Waals surface area contributed by atoms with E-state index in [0.29, 0.717) is 17.0 Å². The molecule has 5 rings (SSSR count). The molecular weight excluding hydrogens is 466 g/mol. The number of hydrogen-bond acceptors (Lipinski definition) is 4. The summed E-state index contributed by atoms with van der Waals surface area (Å²) in [5.41, 5.74) is 7.41. The fraction of sp³-hybridized carbons (Fsp3) is 0.290. The Balaban J connectivity index is 1.66. The van der Waals surface area contributed by atoms with Gasteiger partial charge in [-0.3, -0.25) is 0 Å². The molecule has 1 aliphatic rings. The second-order valence-corrected chi connectivity index (χ2v) is 10.5. The molecule has 4 aromatic carbocycles. The molecule has 36 heavy (non-hydrogen) atoms. The van der Waals surface area contributed by atoms with Gasteiger partial charge in [0.25, 0.3) is 0 Å². The number of halogens is 1. The van der Waals surface area contributed by atoms with Gasteiger partial charge in [0.15, 0.2) is 0 Å². The van der Waals surface area contributed by atoms with Crippen molar-refractivity contribution >= 4 is 39.4 Å². The summed E-state index contributed by atoms with van der Waals surface area (Å²) in [6.45, 7) is 8.61. The van der Waals surface area contributed by atoms with Crippen molar-refractivity contribution in [1.29, 1.82) is 0 Å². The van der Waals surface area contributed by atoms with Crippen molar-refractivity contribution < 1.29 is 5.11 Å². The van der Waals surface area contributed by atoms with E-state index in [0.717, 1.165) is 64.9 Å². The average molecular weight is 500 g/mol. The first-order valence-corrected chi connectivity index (χ1v) is 13.2. The number of aromatic hydroxyl groups is 1. The highest BCUT2D eigenvalue weighted by Gasteiger charge is 2.19. The first-order chi connectivity index (χ1) is 17.4. The van der Waals surface area contributed by atoms with Gasteiger partial charge in [0.2, 0.25) is 0 Å². The van der Waals surface area contributed by atoms with E-state index in [4.69, 9.17) is 11.6 Å². The van der Waals surface area contributed by atoms with Crippen LogP contribution in [0.4, 0.5) is 17.1 Å². The Morgan fingerprint density at radius 1 is 0.917 bits per heavy atom. The Morgan fingerprint density at radius 2 is 1.69 bits per heavy atom. The SMILES string of the molecule is Cc1cccc(C(C)C)c1Nc1cc(-c2cc(O)cc3ccccc23)c(Cl)cc1NC1CCNCC1. The predicted octanol–water partition coefficient (Wildman–Crippen LogP) is 8.21. The molecule has 0 amide bonds. The van der Waals surface area contributed by atoms with Gasteiger partial charge in [0, 0.05) is 17.3 Å². The molecular formula is C31H34ClN3O. The first-order valence-electron chi connectivity index (χ1n) is 12.8. The molecule has 0 saturated carbocycles. The highest BCUT2D eigenvalue weighted by molar-refractivity contribution is 6.34. The Kier molecular flexibility index (Phi) is 7.08. The number of benzene rings is 4. The summed E-state index contributed by atoms with van der Waals surface area (Å²) in [6, 6.07) is 22.7. The molecule has 0 atom stereocenters. The van der Waals surface area contributed by atoms with Crippen LogP contribution in [0.1, 0.15) is 43.7 Å². The van der Waals surface area contributed by atoms with Crippen molar-refractivity contribution in [3.8, 4) is 16.9 Å². The Labute approximate surface area is 218 Å². The van der Waals surface area contributed by atoms with Crippen LogP contribution in [-0.2, 0) is 0 Å². The van der Waals surface area contributed by atoms with E-state index in [2.05, 4.69) is 67.1 Å². The molecule has 1 saturated heterocycles. The lowest BCUT2D eigenvalue weighted by molar-refractivity contribution is 0.476. The monoisotopic (exact) mass is 499 g/mol. The molecule has 0 bridgehead atoms. The number of para-hydroxylation sites is 1. The highest BCUT2D eigenvalue weighted by atomic mass is 35.5. The van der Waals surface area contributed by atoms with Crippen LogP contribution < -0.4 is 16.0 Å². The average Bonchev–Trinajstić information content (AvgIpc) is 2.86. The number of aryl methyl sites for hydroxylation is 1. The predicted molar refractivity (Wildman–Crippen MR) is 154 cm³/mol. The van der Waals surface area contributed by atoms with Crippen molar-refractivity contribution in [2.75, 3.05) is 23.7 Å². The van der Waals surface area contributed by atoms with Crippen LogP contribution in [-0.4, -0.2) is 24.2 Å². The topological polar surface area (TPSA) is 56.3 Å². The maximum atomic E-state index is 10.5. The zero-order chi connectivity index (χ0) is 25.2. The minimum Gasteiger partial charge on any atom is -0.508 e. The Hall–Kier alpha value is -3.21. The molecule has 0 unspecified atom stereocenters. The summed E-state index contributed by atoms with van der Waals surface area (Å²) in [7, 11) is 0. The molecule has 1 aliphatic heterocycles. The van der Waals surface area contributed by atoms with Gasteiger partial charge in [0.1, 0.15) is 5.75 Å². The molecule has 1 heterocycles. The smallest absolute Gasteiger partial charge is 0.116 e. The number of phenols is 1. The zero-order valence-electron chi connectivity index (χ0n) is 21.2. The lowest BCUT2D eigenvalue weighted by Crippen LogP contribution is -2.35.